The van der Waals surface area contributed by atoms with Crippen molar-refractivity contribution in [1.82, 2.24) is 9.55 Å². The van der Waals surface area contributed by atoms with Crippen molar-refractivity contribution in [3.63, 3.8) is 0 Å². The molecule has 1 aromatic heterocycles. The van der Waals surface area contributed by atoms with Gasteiger partial charge in [-0.25, -0.2) is 9.37 Å². The van der Waals surface area contributed by atoms with Gasteiger partial charge >= 0.3 is 5.97 Å². The highest BCUT2D eigenvalue weighted by molar-refractivity contribution is 5.67. The Hall–Kier alpha value is -3.19. The Morgan fingerprint density at radius 2 is 1.97 bits per heavy atom. The number of nitrogens with zero attached hydrogens (tertiary/aromatic N) is 2. The molecular weight excluding hydrogens is 385 g/mol. The lowest BCUT2D eigenvalue weighted by Crippen LogP contribution is -2.24. The van der Waals surface area contributed by atoms with Crippen LogP contribution in [0.2, 0.25) is 0 Å². The summed E-state index contributed by atoms with van der Waals surface area (Å²) in [6.07, 6.45) is 3.02. The summed E-state index contributed by atoms with van der Waals surface area (Å²) in [6, 6.07) is 13.7. The summed E-state index contributed by atoms with van der Waals surface area (Å²) in [6.45, 7) is 3.00. The van der Waals surface area contributed by atoms with E-state index >= 15 is 0 Å². The molecule has 158 valence electrons. The molecule has 0 saturated heterocycles. The summed E-state index contributed by atoms with van der Waals surface area (Å²) in [5.74, 6) is 0.362. The Balaban J connectivity index is 1.69. The van der Waals surface area contributed by atoms with E-state index in [1.165, 1.54) is 12.1 Å². The first-order chi connectivity index (χ1) is 14.4. The number of ether oxygens (including phenoxy) is 1. The molecule has 0 aliphatic carbocycles. The topological polar surface area (TPSA) is 90.4 Å². The number of hydrogen-bond donors (Lipinski definition) is 2. The number of imidazole rings is 1. The number of benzene rings is 2. The smallest absolute Gasteiger partial charge is 0.304 e. The summed E-state index contributed by atoms with van der Waals surface area (Å²) >= 11 is 0. The molecule has 3 aromatic rings. The van der Waals surface area contributed by atoms with Crippen molar-refractivity contribution < 1.29 is 19.0 Å². The van der Waals surface area contributed by atoms with Crippen molar-refractivity contribution in [3.05, 3.63) is 71.8 Å². The molecule has 0 bridgehead atoms. The summed E-state index contributed by atoms with van der Waals surface area (Å²) in [7, 11) is 0. The Labute approximate surface area is 175 Å². The van der Waals surface area contributed by atoms with Crippen LogP contribution in [-0.4, -0.2) is 33.3 Å². The third kappa shape index (κ3) is 5.67. The normalized spacial score (nSPS) is 12.0. The van der Waals surface area contributed by atoms with E-state index in [1.807, 2.05) is 31.2 Å². The van der Waals surface area contributed by atoms with Gasteiger partial charge in [-0.2, -0.15) is 0 Å². The van der Waals surface area contributed by atoms with Crippen LogP contribution in [0.5, 0.6) is 5.75 Å². The predicted molar refractivity (Wildman–Crippen MR) is 113 cm³/mol. The number of aliphatic carboxylic acids is 1. The van der Waals surface area contributed by atoms with Gasteiger partial charge in [-0.3, -0.25) is 4.79 Å². The molecule has 1 atom stereocenters. The zero-order chi connectivity index (χ0) is 21.5. The second-order valence-corrected chi connectivity index (χ2v) is 7.27. The molecule has 3 N–H and O–H groups in total. The number of carboxylic acids is 1. The molecular formula is C23H26FN3O3. The molecule has 0 fully saturated rings. The molecule has 1 heterocycles. The van der Waals surface area contributed by atoms with Gasteiger partial charge < -0.3 is 20.1 Å². The lowest BCUT2D eigenvalue weighted by atomic mass is 10.1. The number of halogens is 1. The molecule has 0 spiro atoms. The second-order valence-electron chi connectivity index (χ2n) is 7.27. The Morgan fingerprint density at radius 3 is 2.70 bits per heavy atom. The van der Waals surface area contributed by atoms with Crippen LogP contribution in [0.15, 0.2) is 54.7 Å². The number of rotatable bonds is 10. The fraction of sp³-hybridized carbons (Fsp3) is 0.304. The number of aromatic nitrogens is 2. The van der Waals surface area contributed by atoms with Crippen molar-refractivity contribution in [2.24, 2.45) is 5.73 Å². The number of aryl methyl sites for hydroxylation is 1. The number of nitrogens with two attached hydrogens (primary N) is 1. The maximum Gasteiger partial charge on any atom is 0.304 e. The van der Waals surface area contributed by atoms with Gasteiger partial charge in [0.2, 0.25) is 0 Å². The fourth-order valence-corrected chi connectivity index (χ4v) is 3.29. The molecule has 30 heavy (non-hydrogen) atoms. The first kappa shape index (κ1) is 21.5. The van der Waals surface area contributed by atoms with Crippen molar-refractivity contribution >= 4 is 5.97 Å². The standard InChI is InChI=1S/C23H26FN3O3/c1-16-14-26-23(17-8-10-19(24)11-9-17)27(16)15-18-5-2-3-7-21(18)30-12-4-6-20(25)13-22(28)29/h2-3,5,7-11,14,20H,4,6,12-13,15,25H2,1H3,(H,28,29)/t20-/m1/s1. The van der Waals surface area contributed by atoms with E-state index in [0.29, 0.717) is 26.0 Å². The quantitative estimate of drug-likeness (QED) is 0.492. The predicted octanol–water partition coefficient (Wildman–Crippen LogP) is 4.01. The van der Waals surface area contributed by atoms with Gasteiger partial charge in [0.05, 0.1) is 19.6 Å². The van der Waals surface area contributed by atoms with Crippen LogP contribution in [0, 0.1) is 12.7 Å². The van der Waals surface area contributed by atoms with E-state index in [1.54, 1.807) is 18.3 Å². The molecule has 0 amide bonds. The molecule has 7 heteroatoms. The SMILES string of the molecule is Cc1cnc(-c2ccc(F)cc2)n1Cc1ccccc1OCCC[C@@H](N)CC(=O)O. The van der Waals surface area contributed by atoms with Crippen molar-refractivity contribution in [2.45, 2.75) is 38.8 Å². The maximum atomic E-state index is 13.3. The molecule has 2 aromatic carbocycles. The van der Waals surface area contributed by atoms with Crippen molar-refractivity contribution in [3.8, 4) is 17.1 Å². The largest absolute Gasteiger partial charge is 0.493 e. The second kappa shape index (κ2) is 10.0. The van der Waals surface area contributed by atoms with Crippen LogP contribution in [-0.2, 0) is 11.3 Å². The highest BCUT2D eigenvalue weighted by atomic mass is 19.1. The minimum Gasteiger partial charge on any atom is -0.493 e. The van der Waals surface area contributed by atoms with E-state index in [-0.39, 0.29) is 18.3 Å². The van der Waals surface area contributed by atoms with Crippen LogP contribution in [0.1, 0.15) is 30.5 Å². The number of carboxylic acid groups (broad SMARTS) is 1. The van der Waals surface area contributed by atoms with Gasteiger partial charge in [-0.05, 0) is 50.1 Å². The van der Waals surface area contributed by atoms with Gasteiger partial charge in [-0.15, -0.1) is 0 Å². The molecule has 6 nitrogen and oxygen atoms in total. The average Bonchev–Trinajstić information content (AvgIpc) is 3.07. The van der Waals surface area contributed by atoms with E-state index in [4.69, 9.17) is 15.6 Å². The number of carbonyl (C=O) groups is 1. The summed E-state index contributed by atoms with van der Waals surface area (Å²) in [4.78, 5) is 15.2. The lowest BCUT2D eigenvalue weighted by molar-refractivity contribution is -0.137. The summed E-state index contributed by atoms with van der Waals surface area (Å²) in [5, 5.41) is 8.78. The van der Waals surface area contributed by atoms with Crippen molar-refractivity contribution in [2.75, 3.05) is 6.61 Å². The Kier molecular flexibility index (Phi) is 7.19. The highest BCUT2D eigenvalue weighted by Crippen LogP contribution is 2.25. The van der Waals surface area contributed by atoms with Gasteiger partial charge in [0.25, 0.3) is 0 Å². The zero-order valence-electron chi connectivity index (χ0n) is 16.9. The van der Waals surface area contributed by atoms with Crippen LogP contribution in [0.3, 0.4) is 0 Å². The summed E-state index contributed by atoms with van der Waals surface area (Å²) in [5.41, 5.74) is 8.63. The van der Waals surface area contributed by atoms with Crippen LogP contribution in [0.25, 0.3) is 11.4 Å². The zero-order valence-corrected chi connectivity index (χ0v) is 16.9. The molecule has 0 aliphatic rings. The van der Waals surface area contributed by atoms with E-state index in [0.717, 1.165) is 28.4 Å². The van der Waals surface area contributed by atoms with Gasteiger partial charge in [0, 0.05) is 29.1 Å². The first-order valence-corrected chi connectivity index (χ1v) is 9.90. The Bertz CT molecular complexity index is 986. The molecule has 0 aliphatic heterocycles. The van der Waals surface area contributed by atoms with Gasteiger partial charge in [0.1, 0.15) is 17.4 Å². The lowest BCUT2D eigenvalue weighted by Gasteiger charge is -2.15. The molecule has 0 unspecified atom stereocenters. The van der Waals surface area contributed by atoms with E-state index in [2.05, 4.69) is 9.55 Å². The molecule has 3 rings (SSSR count). The van der Waals surface area contributed by atoms with Crippen LogP contribution >= 0.6 is 0 Å². The molecule has 0 saturated carbocycles. The monoisotopic (exact) mass is 411 g/mol. The van der Waals surface area contributed by atoms with Gasteiger partial charge in [-0.1, -0.05) is 18.2 Å². The minimum atomic E-state index is -0.888. The highest BCUT2D eigenvalue weighted by Gasteiger charge is 2.13. The van der Waals surface area contributed by atoms with E-state index in [9.17, 15) is 9.18 Å². The third-order valence-electron chi connectivity index (χ3n) is 4.87. The minimum absolute atomic E-state index is 0.0390. The summed E-state index contributed by atoms with van der Waals surface area (Å²) < 4.78 is 21.3. The maximum absolute atomic E-state index is 13.3. The van der Waals surface area contributed by atoms with Crippen LogP contribution < -0.4 is 10.5 Å². The molecule has 0 radical (unpaired) electrons. The van der Waals surface area contributed by atoms with E-state index < -0.39 is 5.97 Å². The first-order valence-electron chi connectivity index (χ1n) is 9.90. The van der Waals surface area contributed by atoms with Crippen LogP contribution in [0.4, 0.5) is 4.39 Å². The van der Waals surface area contributed by atoms with Crippen molar-refractivity contribution in [1.29, 1.82) is 0 Å². The third-order valence-corrected chi connectivity index (χ3v) is 4.87. The number of para-hydroxylation sites is 1. The number of hydrogen-bond acceptors (Lipinski definition) is 4. The fourth-order valence-electron chi connectivity index (χ4n) is 3.29. The van der Waals surface area contributed by atoms with Gasteiger partial charge in [0.15, 0.2) is 0 Å². The average molecular weight is 411 g/mol. The Morgan fingerprint density at radius 1 is 1.23 bits per heavy atom.